The topological polar surface area (TPSA) is 42.4 Å². The van der Waals surface area contributed by atoms with Gasteiger partial charge in [0.25, 0.3) is 0 Å². The van der Waals surface area contributed by atoms with Crippen LogP contribution in [0.25, 0.3) is 66.7 Å². The molecular formula is C43H28N2O2. The number of furan rings is 1. The van der Waals surface area contributed by atoms with Crippen LogP contribution < -0.4 is 4.90 Å². The molecule has 2 heterocycles. The van der Waals surface area contributed by atoms with Crippen molar-refractivity contribution in [3.8, 4) is 33.7 Å². The summed E-state index contributed by atoms with van der Waals surface area (Å²) in [5.74, 6) is 0.569. The smallest absolute Gasteiger partial charge is 0.227 e. The average molecular weight is 605 g/mol. The fraction of sp³-hybridized carbons (Fsp3) is 0. The summed E-state index contributed by atoms with van der Waals surface area (Å²) in [5, 5.41) is 2.01. The zero-order chi connectivity index (χ0) is 31.2. The Labute approximate surface area is 271 Å². The van der Waals surface area contributed by atoms with Crippen LogP contribution in [0, 0.1) is 0 Å². The summed E-state index contributed by atoms with van der Waals surface area (Å²) in [7, 11) is 0. The van der Waals surface area contributed by atoms with Crippen LogP contribution >= 0.6 is 0 Å². The van der Waals surface area contributed by atoms with Crippen molar-refractivity contribution in [2.45, 2.75) is 0 Å². The van der Waals surface area contributed by atoms with E-state index in [-0.39, 0.29) is 0 Å². The predicted molar refractivity (Wildman–Crippen MR) is 192 cm³/mol. The van der Waals surface area contributed by atoms with Gasteiger partial charge < -0.3 is 13.7 Å². The fourth-order valence-electron chi connectivity index (χ4n) is 6.46. The highest BCUT2D eigenvalue weighted by Crippen LogP contribution is 2.48. The number of rotatable bonds is 6. The number of oxazole rings is 1. The van der Waals surface area contributed by atoms with Gasteiger partial charge in [0.15, 0.2) is 5.58 Å². The van der Waals surface area contributed by atoms with E-state index in [0.29, 0.717) is 11.5 Å². The van der Waals surface area contributed by atoms with Crippen molar-refractivity contribution in [3.63, 3.8) is 0 Å². The van der Waals surface area contributed by atoms with Gasteiger partial charge >= 0.3 is 0 Å². The number of anilines is 3. The van der Waals surface area contributed by atoms with E-state index in [1.54, 1.807) is 0 Å². The van der Waals surface area contributed by atoms with Gasteiger partial charge in [-0.15, -0.1) is 0 Å². The Hall–Kier alpha value is -6.39. The number of para-hydroxylation sites is 2. The minimum absolute atomic E-state index is 0.569. The van der Waals surface area contributed by atoms with Crippen LogP contribution in [0.3, 0.4) is 0 Å². The van der Waals surface area contributed by atoms with Crippen LogP contribution in [0.2, 0.25) is 0 Å². The van der Waals surface area contributed by atoms with Crippen LogP contribution in [-0.4, -0.2) is 4.98 Å². The maximum atomic E-state index is 6.46. The second-order valence-electron chi connectivity index (χ2n) is 11.6. The van der Waals surface area contributed by atoms with E-state index in [9.17, 15) is 0 Å². The van der Waals surface area contributed by atoms with E-state index in [4.69, 9.17) is 13.8 Å². The fourth-order valence-corrected chi connectivity index (χ4v) is 6.46. The summed E-state index contributed by atoms with van der Waals surface area (Å²) in [6, 6.07) is 58.5. The van der Waals surface area contributed by atoms with Crippen molar-refractivity contribution in [2.75, 3.05) is 4.90 Å². The largest absolute Gasteiger partial charge is 0.456 e. The Morgan fingerprint density at radius 1 is 0.404 bits per heavy atom. The first-order valence-electron chi connectivity index (χ1n) is 15.7. The molecule has 0 aliphatic carbocycles. The summed E-state index contributed by atoms with van der Waals surface area (Å²) in [5.41, 5.74) is 11.5. The zero-order valence-electron chi connectivity index (χ0n) is 25.4. The lowest BCUT2D eigenvalue weighted by Crippen LogP contribution is -2.11. The number of hydrogen-bond acceptors (Lipinski definition) is 4. The molecular weight excluding hydrogens is 576 g/mol. The first-order chi connectivity index (χ1) is 23.3. The molecule has 2 aromatic heterocycles. The van der Waals surface area contributed by atoms with Gasteiger partial charge in [-0.05, 0) is 64.7 Å². The molecule has 0 radical (unpaired) electrons. The number of benzene rings is 7. The van der Waals surface area contributed by atoms with Crippen LogP contribution in [-0.2, 0) is 0 Å². The lowest BCUT2D eigenvalue weighted by molar-refractivity contribution is 0.617. The molecule has 9 rings (SSSR count). The maximum Gasteiger partial charge on any atom is 0.227 e. The Bertz CT molecular complexity index is 2500. The molecule has 0 aliphatic heterocycles. The second-order valence-corrected chi connectivity index (χ2v) is 11.6. The molecule has 222 valence electrons. The Kier molecular flexibility index (Phi) is 6.43. The van der Waals surface area contributed by atoms with Crippen LogP contribution in [0.5, 0.6) is 0 Å². The van der Waals surface area contributed by atoms with Crippen molar-refractivity contribution in [3.05, 3.63) is 170 Å². The zero-order valence-corrected chi connectivity index (χ0v) is 25.4. The van der Waals surface area contributed by atoms with Gasteiger partial charge in [-0.1, -0.05) is 121 Å². The molecule has 9 aromatic rings. The third kappa shape index (κ3) is 4.75. The molecule has 4 nitrogen and oxygen atoms in total. The summed E-state index contributed by atoms with van der Waals surface area (Å²) in [6.07, 6.45) is 0. The quantitative estimate of drug-likeness (QED) is 0.189. The highest BCUT2D eigenvalue weighted by Gasteiger charge is 2.26. The third-order valence-electron chi connectivity index (χ3n) is 8.69. The molecule has 4 heteroatoms. The molecule has 0 saturated carbocycles. The Balaban J connectivity index is 1.28. The van der Waals surface area contributed by atoms with E-state index in [1.165, 1.54) is 11.1 Å². The lowest BCUT2D eigenvalue weighted by Gasteiger charge is -2.26. The molecule has 0 unspecified atom stereocenters. The Morgan fingerprint density at radius 2 is 0.979 bits per heavy atom. The van der Waals surface area contributed by atoms with Crippen molar-refractivity contribution in [1.82, 2.24) is 4.98 Å². The summed E-state index contributed by atoms with van der Waals surface area (Å²) in [4.78, 5) is 7.44. The van der Waals surface area contributed by atoms with E-state index < -0.39 is 0 Å². The molecule has 7 aromatic carbocycles. The van der Waals surface area contributed by atoms with E-state index in [0.717, 1.165) is 61.2 Å². The van der Waals surface area contributed by atoms with Gasteiger partial charge in [0.2, 0.25) is 5.89 Å². The van der Waals surface area contributed by atoms with Crippen LogP contribution in [0.1, 0.15) is 0 Å². The molecule has 0 amide bonds. The molecule has 0 aliphatic rings. The molecule has 0 N–H and O–H groups in total. The Morgan fingerprint density at radius 3 is 1.72 bits per heavy atom. The van der Waals surface area contributed by atoms with Crippen molar-refractivity contribution < 1.29 is 8.83 Å². The number of fused-ring (bicyclic) bond motifs is 4. The first kappa shape index (κ1) is 27.0. The minimum Gasteiger partial charge on any atom is -0.456 e. The summed E-state index contributed by atoms with van der Waals surface area (Å²) in [6.45, 7) is 0. The second kappa shape index (κ2) is 11.2. The highest BCUT2D eigenvalue weighted by atomic mass is 16.4. The van der Waals surface area contributed by atoms with Gasteiger partial charge in [-0.25, -0.2) is 4.98 Å². The van der Waals surface area contributed by atoms with Gasteiger partial charge in [-0.3, -0.25) is 0 Å². The average Bonchev–Trinajstić information content (AvgIpc) is 3.74. The normalized spacial score (nSPS) is 11.4. The van der Waals surface area contributed by atoms with Gasteiger partial charge in [0, 0.05) is 28.4 Å². The minimum atomic E-state index is 0.569. The van der Waals surface area contributed by atoms with Gasteiger partial charge in [0.1, 0.15) is 16.7 Å². The van der Waals surface area contributed by atoms with E-state index in [2.05, 4.69) is 114 Å². The SMILES string of the molecule is c1ccc(-c2ccc(-c3cccc(N(c4ccccc4)c4c5nc(-c6ccccc6)oc5cc5oc6ccccc6c45)c3)cc2)cc1. The van der Waals surface area contributed by atoms with Gasteiger partial charge in [-0.2, -0.15) is 0 Å². The molecule has 47 heavy (non-hydrogen) atoms. The number of nitrogens with zero attached hydrogens (tertiary/aromatic N) is 2. The van der Waals surface area contributed by atoms with Crippen molar-refractivity contribution >= 4 is 50.1 Å². The summed E-state index contributed by atoms with van der Waals surface area (Å²) >= 11 is 0. The standard InChI is InChI=1S/C43H28N2O2/c1-4-13-29(14-5-1)30-23-25-31(26-24-30)33-17-12-20-35(27-33)45(34-18-8-3-9-19-34)42-40-36-21-10-11-22-37(36)46-38(40)28-39-41(42)44-43(47-39)32-15-6-2-7-16-32/h1-28H. The molecule has 0 spiro atoms. The molecule has 0 fully saturated rings. The molecule has 0 saturated heterocycles. The molecule has 0 atom stereocenters. The van der Waals surface area contributed by atoms with Crippen molar-refractivity contribution in [1.29, 1.82) is 0 Å². The lowest BCUT2D eigenvalue weighted by atomic mass is 9.99. The maximum absolute atomic E-state index is 6.46. The van der Waals surface area contributed by atoms with Gasteiger partial charge in [0.05, 0.1) is 11.1 Å². The number of hydrogen-bond donors (Lipinski definition) is 0. The van der Waals surface area contributed by atoms with E-state index >= 15 is 0 Å². The first-order valence-corrected chi connectivity index (χ1v) is 15.7. The third-order valence-corrected chi connectivity index (χ3v) is 8.69. The van der Waals surface area contributed by atoms with Crippen LogP contribution in [0.4, 0.5) is 17.1 Å². The van der Waals surface area contributed by atoms with E-state index in [1.807, 2.05) is 60.7 Å². The van der Waals surface area contributed by atoms with Crippen LogP contribution in [0.15, 0.2) is 179 Å². The number of aromatic nitrogens is 1. The highest BCUT2D eigenvalue weighted by molar-refractivity contribution is 6.20. The summed E-state index contributed by atoms with van der Waals surface area (Å²) < 4.78 is 12.9. The monoisotopic (exact) mass is 604 g/mol. The predicted octanol–water partition coefficient (Wildman–Crippen LogP) is 12.2. The van der Waals surface area contributed by atoms with Crippen molar-refractivity contribution in [2.24, 2.45) is 0 Å². The molecule has 0 bridgehead atoms.